The summed E-state index contributed by atoms with van der Waals surface area (Å²) in [4.78, 5) is 0. The van der Waals surface area contributed by atoms with Crippen molar-refractivity contribution in [2.45, 2.75) is 58.6 Å². The molecule has 2 N–H and O–H groups in total. The highest BCUT2D eigenvalue weighted by Crippen LogP contribution is 2.33. The van der Waals surface area contributed by atoms with E-state index in [1.165, 1.54) is 6.42 Å². The maximum atomic E-state index is 6.27. The van der Waals surface area contributed by atoms with Crippen LogP contribution in [0.15, 0.2) is 18.2 Å². The lowest BCUT2D eigenvalue weighted by atomic mass is 9.82. The molecule has 0 aromatic heterocycles. The van der Waals surface area contributed by atoms with E-state index in [9.17, 15) is 0 Å². The fourth-order valence-electron chi connectivity index (χ4n) is 3.32. The molecule has 0 radical (unpaired) electrons. The summed E-state index contributed by atoms with van der Waals surface area (Å²) < 4.78 is 6.27. The van der Waals surface area contributed by atoms with Gasteiger partial charge in [-0.05, 0) is 68.2 Å². The van der Waals surface area contributed by atoms with E-state index in [1.807, 2.05) is 25.1 Å². The maximum Gasteiger partial charge on any atom is 0.123 e. The summed E-state index contributed by atoms with van der Waals surface area (Å²) in [5.74, 6) is 2.44. The molecule has 2 rings (SSSR count). The molecule has 0 aliphatic heterocycles. The third kappa shape index (κ3) is 4.39. The van der Waals surface area contributed by atoms with E-state index in [2.05, 4.69) is 13.8 Å². The Morgan fingerprint density at radius 3 is 2.50 bits per heavy atom. The van der Waals surface area contributed by atoms with Crippen LogP contribution in [0.4, 0.5) is 0 Å². The van der Waals surface area contributed by atoms with E-state index in [0.29, 0.717) is 6.10 Å². The van der Waals surface area contributed by atoms with Crippen molar-refractivity contribution in [2.75, 3.05) is 0 Å². The van der Waals surface area contributed by atoms with Crippen LogP contribution in [0.3, 0.4) is 0 Å². The Kier molecular flexibility index (Phi) is 5.34. The predicted octanol–water partition coefficient (Wildman–Crippen LogP) is 4.43. The van der Waals surface area contributed by atoms with Crippen molar-refractivity contribution in [3.63, 3.8) is 0 Å². The van der Waals surface area contributed by atoms with E-state index in [4.69, 9.17) is 22.1 Å². The van der Waals surface area contributed by atoms with Gasteiger partial charge in [-0.2, -0.15) is 0 Å². The van der Waals surface area contributed by atoms with E-state index >= 15 is 0 Å². The Morgan fingerprint density at radius 1 is 1.25 bits per heavy atom. The van der Waals surface area contributed by atoms with Gasteiger partial charge in [0.25, 0.3) is 0 Å². The first-order valence-electron chi connectivity index (χ1n) is 7.64. The van der Waals surface area contributed by atoms with Gasteiger partial charge in [0.1, 0.15) is 5.75 Å². The summed E-state index contributed by atoms with van der Waals surface area (Å²) in [5.41, 5.74) is 7.05. The molecule has 0 bridgehead atoms. The smallest absolute Gasteiger partial charge is 0.123 e. The highest BCUT2D eigenvalue weighted by atomic mass is 35.5. The van der Waals surface area contributed by atoms with Crippen LogP contribution in [-0.4, -0.2) is 12.1 Å². The molecule has 0 spiro atoms. The van der Waals surface area contributed by atoms with Gasteiger partial charge in [0, 0.05) is 11.1 Å². The zero-order valence-corrected chi connectivity index (χ0v) is 13.5. The zero-order valence-electron chi connectivity index (χ0n) is 12.7. The van der Waals surface area contributed by atoms with Gasteiger partial charge in [-0.15, -0.1) is 0 Å². The van der Waals surface area contributed by atoms with Gasteiger partial charge >= 0.3 is 0 Å². The number of halogens is 1. The largest absolute Gasteiger partial charge is 0.490 e. The Bertz CT molecular complexity index is 437. The monoisotopic (exact) mass is 295 g/mol. The molecule has 20 heavy (non-hydrogen) atoms. The average molecular weight is 296 g/mol. The Hall–Kier alpha value is -0.730. The van der Waals surface area contributed by atoms with Gasteiger partial charge in [-0.3, -0.25) is 0 Å². The standard InChI is InChI=1S/C17H26ClNO/c1-11-6-12(2)8-16(7-11)20-17-5-4-15(18)10-14(17)9-13(3)19/h4-5,10-13,16H,6-9,19H2,1-3H3. The minimum absolute atomic E-state index is 0.111. The minimum atomic E-state index is 0.111. The lowest BCUT2D eigenvalue weighted by Crippen LogP contribution is -2.29. The average Bonchev–Trinajstić information content (AvgIpc) is 2.30. The molecule has 0 saturated heterocycles. The maximum absolute atomic E-state index is 6.27. The highest BCUT2D eigenvalue weighted by Gasteiger charge is 2.25. The van der Waals surface area contributed by atoms with E-state index < -0.39 is 0 Å². The number of rotatable bonds is 4. The fraction of sp³-hybridized carbons (Fsp3) is 0.647. The topological polar surface area (TPSA) is 35.2 Å². The van der Waals surface area contributed by atoms with Gasteiger partial charge in [-0.1, -0.05) is 25.4 Å². The molecule has 1 aliphatic carbocycles. The van der Waals surface area contributed by atoms with Crippen LogP contribution in [-0.2, 0) is 6.42 Å². The van der Waals surface area contributed by atoms with Gasteiger partial charge in [0.2, 0.25) is 0 Å². The zero-order chi connectivity index (χ0) is 14.7. The van der Waals surface area contributed by atoms with Crippen molar-refractivity contribution in [3.8, 4) is 5.75 Å². The minimum Gasteiger partial charge on any atom is -0.490 e. The number of ether oxygens (including phenoxy) is 1. The van der Waals surface area contributed by atoms with Crippen molar-refractivity contribution in [3.05, 3.63) is 28.8 Å². The van der Waals surface area contributed by atoms with Gasteiger partial charge in [0.05, 0.1) is 6.10 Å². The van der Waals surface area contributed by atoms with Crippen molar-refractivity contribution in [1.82, 2.24) is 0 Å². The van der Waals surface area contributed by atoms with Crippen LogP contribution in [0.25, 0.3) is 0 Å². The summed E-state index contributed by atoms with van der Waals surface area (Å²) in [6, 6.07) is 5.98. The molecule has 0 heterocycles. The van der Waals surface area contributed by atoms with E-state index in [1.54, 1.807) is 0 Å². The van der Waals surface area contributed by atoms with Crippen molar-refractivity contribution >= 4 is 11.6 Å². The van der Waals surface area contributed by atoms with Crippen molar-refractivity contribution in [2.24, 2.45) is 17.6 Å². The number of benzene rings is 1. The SMILES string of the molecule is CC(N)Cc1cc(Cl)ccc1OC1CC(C)CC(C)C1. The lowest BCUT2D eigenvalue weighted by Gasteiger charge is -2.32. The van der Waals surface area contributed by atoms with Crippen LogP contribution >= 0.6 is 11.6 Å². The molecule has 1 aromatic rings. The van der Waals surface area contributed by atoms with Gasteiger partial charge in [-0.25, -0.2) is 0 Å². The second-order valence-corrected chi connectivity index (χ2v) is 7.03. The number of hydrogen-bond acceptors (Lipinski definition) is 2. The third-order valence-corrected chi connectivity index (χ3v) is 4.23. The normalized spacial score (nSPS) is 28.1. The summed E-state index contributed by atoms with van der Waals surface area (Å²) in [6.07, 6.45) is 4.72. The third-order valence-electron chi connectivity index (χ3n) is 3.99. The van der Waals surface area contributed by atoms with Gasteiger partial charge < -0.3 is 10.5 Å². The fourth-order valence-corrected chi connectivity index (χ4v) is 3.51. The van der Waals surface area contributed by atoms with Crippen molar-refractivity contribution in [1.29, 1.82) is 0 Å². The van der Waals surface area contributed by atoms with Crippen LogP contribution < -0.4 is 10.5 Å². The first-order valence-corrected chi connectivity index (χ1v) is 8.02. The van der Waals surface area contributed by atoms with Crippen LogP contribution in [0.5, 0.6) is 5.75 Å². The summed E-state index contributed by atoms with van der Waals surface area (Å²) >= 11 is 6.09. The first-order chi connectivity index (χ1) is 9.44. The molecule has 112 valence electrons. The lowest BCUT2D eigenvalue weighted by molar-refractivity contribution is 0.1000. The second-order valence-electron chi connectivity index (χ2n) is 6.59. The van der Waals surface area contributed by atoms with E-state index in [-0.39, 0.29) is 6.04 Å². The quantitative estimate of drug-likeness (QED) is 0.891. The molecular weight excluding hydrogens is 270 g/mol. The van der Waals surface area contributed by atoms with Gasteiger partial charge in [0.15, 0.2) is 0 Å². The van der Waals surface area contributed by atoms with E-state index in [0.717, 1.165) is 47.4 Å². The van der Waals surface area contributed by atoms with Crippen LogP contribution in [0.1, 0.15) is 45.6 Å². The summed E-state index contributed by atoms with van der Waals surface area (Å²) in [7, 11) is 0. The molecule has 3 atom stereocenters. The Balaban J connectivity index is 2.11. The first kappa shape index (κ1) is 15.7. The molecule has 1 saturated carbocycles. The molecule has 1 aromatic carbocycles. The highest BCUT2D eigenvalue weighted by molar-refractivity contribution is 6.30. The van der Waals surface area contributed by atoms with Crippen LogP contribution in [0, 0.1) is 11.8 Å². The van der Waals surface area contributed by atoms with Crippen molar-refractivity contribution < 1.29 is 4.74 Å². The molecular formula is C17H26ClNO. The summed E-state index contributed by atoms with van der Waals surface area (Å²) in [5, 5.41) is 0.749. The molecule has 3 unspecified atom stereocenters. The molecule has 3 heteroatoms. The number of hydrogen-bond donors (Lipinski definition) is 1. The Morgan fingerprint density at radius 2 is 1.90 bits per heavy atom. The Labute approximate surface area is 127 Å². The molecule has 2 nitrogen and oxygen atoms in total. The summed E-state index contributed by atoms with van der Waals surface area (Å²) in [6.45, 7) is 6.64. The van der Waals surface area contributed by atoms with Crippen LogP contribution in [0.2, 0.25) is 5.02 Å². The molecule has 0 amide bonds. The predicted molar refractivity (Wildman–Crippen MR) is 85.4 cm³/mol. The number of nitrogens with two attached hydrogens (primary N) is 1. The second kappa shape index (κ2) is 6.82. The molecule has 1 aliphatic rings. The molecule has 1 fully saturated rings.